The van der Waals surface area contributed by atoms with Crippen LogP contribution in [0.2, 0.25) is 0 Å². The van der Waals surface area contributed by atoms with Gasteiger partial charge in [0.25, 0.3) is 0 Å². The molecule has 1 atom stereocenters. The van der Waals surface area contributed by atoms with E-state index >= 15 is 0 Å². The van der Waals surface area contributed by atoms with Gasteiger partial charge in [-0.15, -0.1) is 0 Å². The average molecular weight is 234 g/mol. The third-order valence-electron chi connectivity index (χ3n) is 3.78. The molecule has 3 nitrogen and oxygen atoms in total. The van der Waals surface area contributed by atoms with Crippen molar-refractivity contribution in [2.75, 3.05) is 11.9 Å². The highest BCUT2D eigenvalue weighted by molar-refractivity contribution is 5.45. The zero-order valence-electron chi connectivity index (χ0n) is 10.8. The summed E-state index contributed by atoms with van der Waals surface area (Å²) in [5.41, 5.74) is 1.93. The third-order valence-corrected chi connectivity index (χ3v) is 3.78. The fourth-order valence-electron chi connectivity index (χ4n) is 2.51. The summed E-state index contributed by atoms with van der Waals surface area (Å²) in [4.78, 5) is 6.67. The summed E-state index contributed by atoms with van der Waals surface area (Å²) in [5.74, 6) is 0. The molecular formula is C14H22N2O. The summed E-state index contributed by atoms with van der Waals surface area (Å²) in [7, 11) is 2.14. The number of hydrogen-bond donors (Lipinski definition) is 1. The van der Waals surface area contributed by atoms with Crippen molar-refractivity contribution in [3.05, 3.63) is 24.0 Å². The SMILES string of the molecule is CC[C@@H](O)c1ccc(N(C)C2CCCC2)cn1. The van der Waals surface area contributed by atoms with Gasteiger partial charge in [0.05, 0.1) is 23.7 Å². The zero-order chi connectivity index (χ0) is 12.3. The lowest BCUT2D eigenvalue weighted by Crippen LogP contribution is -2.28. The van der Waals surface area contributed by atoms with Gasteiger partial charge in [0, 0.05) is 13.1 Å². The number of aliphatic hydroxyl groups excluding tert-OH is 1. The first kappa shape index (κ1) is 12.4. The van der Waals surface area contributed by atoms with Crippen molar-refractivity contribution in [1.82, 2.24) is 4.98 Å². The van der Waals surface area contributed by atoms with Crippen LogP contribution < -0.4 is 4.90 Å². The lowest BCUT2D eigenvalue weighted by atomic mass is 10.1. The fourth-order valence-corrected chi connectivity index (χ4v) is 2.51. The topological polar surface area (TPSA) is 36.4 Å². The standard InChI is InChI=1S/C14H22N2O/c1-3-14(17)13-9-8-12(10-15-13)16(2)11-6-4-5-7-11/h8-11,14,17H,3-7H2,1-2H3/t14-/m1/s1. The van der Waals surface area contributed by atoms with Gasteiger partial charge in [-0.05, 0) is 31.4 Å². The Hall–Kier alpha value is -1.09. The highest BCUT2D eigenvalue weighted by Crippen LogP contribution is 2.27. The Balaban J connectivity index is 2.06. The van der Waals surface area contributed by atoms with E-state index in [4.69, 9.17) is 0 Å². The second-order valence-electron chi connectivity index (χ2n) is 4.91. The van der Waals surface area contributed by atoms with Crippen molar-refractivity contribution in [2.45, 2.75) is 51.2 Å². The van der Waals surface area contributed by atoms with Gasteiger partial charge in [-0.3, -0.25) is 4.98 Å². The van der Waals surface area contributed by atoms with E-state index in [9.17, 15) is 5.11 Å². The zero-order valence-corrected chi connectivity index (χ0v) is 10.8. The average Bonchev–Trinajstić information content (AvgIpc) is 2.91. The molecule has 0 bridgehead atoms. The summed E-state index contributed by atoms with van der Waals surface area (Å²) >= 11 is 0. The van der Waals surface area contributed by atoms with Gasteiger partial charge in [0.1, 0.15) is 0 Å². The molecule has 1 fully saturated rings. The van der Waals surface area contributed by atoms with Gasteiger partial charge in [-0.2, -0.15) is 0 Å². The van der Waals surface area contributed by atoms with Gasteiger partial charge < -0.3 is 10.0 Å². The predicted molar refractivity (Wildman–Crippen MR) is 70.1 cm³/mol. The molecule has 1 aromatic heterocycles. The van der Waals surface area contributed by atoms with E-state index < -0.39 is 6.10 Å². The minimum atomic E-state index is -0.430. The molecule has 1 saturated carbocycles. The minimum Gasteiger partial charge on any atom is -0.387 e. The van der Waals surface area contributed by atoms with Crippen molar-refractivity contribution in [3.8, 4) is 0 Å². The molecule has 0 spiro atoms. The maximum Gasteiger partial charge on any atom is 0.0957 e. The first-order chi connectivity index (χ1) is 8.22. The van der Waals surface area contributed by atoms with E-state index in [0.29, 0.717) is 12.5 Å². The third kappa shape index (κ3) is 2.78. The van der Waals surface area contributed by atoms with Crippen LogP contribution in [0.15, 0.2) is 18.3 Å². The summed E-state index contributed by atoms with van der Waals surface area (Å²) < 4.78 is 0. The first-order valence-electron chi connectivity index (χ1n) is 6.59. The van der Waals surface area contributed by atoms with E-state index in [2.05, 4.69) is 23.0 Å². The molecule has 1 heterocycles. The van der Waals surface area contributed by atoms with Crippen molar-refractivity contribution >= 4 is 5.69 Å². The molecule has 94 valence electrons. The van der Waals surface area contributed by atoms with Gasteiger partial charge in [-0.25, -0.2) is 0 Å². The van der Waals surface area contributed by atoms with E-state index in [0.717, 1.165) is 11.4 Å². The molecule has 0 unspecified atom stereocenters. The number of aromatic nitrogens is 1. The Kier molecular flexibility index (Phi) is 4.00. The number of hydrogen-bond acceptors (Lipinski definition) is 3. The van der Waals surface area contributed by atoms with Crippen LogP contribution in [0.25, 0.3) is 0 Å². The Bertz CT molecular complexity index is 344. The maximum atomic E-state index is 9.69. The number of nitrogens with zero attached hydrogens (tertiary/aromatic N) is 2. The number of pyridine rings is 1. The molecule has 1 aliphatic rings. The second-order valence-corrected chi connectivity index (χ2v) is 4.91. The fraction of sp³-hybridized carbons (Fsp3) is 0.643. The highest BCUT2D eigenvalue weighted by atomic mass is 16.3. The molecule has 0 radical (unpaired) electrons. The van der Waals surface area contributed by atoms with Crippen molar-refractivity contribution < 1.29 is 5.11 Å². The molecule has 1 N–H and O–H groups in total. The van der Waals surface area contributed by atoms with Crippen molar-refractivity contribution in [3.63, 3.8) is 0 Å². The smallest absolute Gasteiger partial charge is 0.0957 e. The van der Waals surface area contributed by atoms with Crippen molar-refractivity contribution in [1.29, 1.82) is 0 Å². The van der Waals surface area contributed by atoms with Crippen LogP contribution in [-0.4, -0.2) is 23.2 Å². The van der Waals surface area contributed by atoms with Gasteiger partial charge in [0.15, 0.2) is 0 Å². The largest absolute Gasteiger partial charge is 0.387 e. The summed E-state index contributed by atoms with van der Waals surface area (Å²) in [6.07, 6.45) is 7.42. The summed E-state index contributed by atoms with van der Waals surface area (Å²) in [5, 5.41) is 9.69. The summed E-state index contributed by atoms with van der Waals surface area (Å²) in [6.45, 7) is 1.96. The number of aliphatic hydroxyl groups is 1. The van der Waals surface area contributed by atoms with Crippen LogP contribution in [0.4, 0.5) is 5.69 Å². The molecule has 0 saturated heterocycles. The lowest BCUT2D eigenvalue weighted by molar-refractivity contribution is 0.169. The molecule has 0 aromatic carbocycles. The number of anilines is 1. The Morgan fingerprint density at radius 1 is 1.41 bits per heavy atom. The molecule has 3 heteroatoms. The van der Waals surface area contributed by atoms with Crippen LogP contribution in [0.1, 0.15) is 50.8 Å². The predicted octanol–water partition coefficient (Wildman–Crippen LogP) is 2.90. The molecule has 0 aliphatic heterocycles. The lowest BCUT2D eigenvalue weighted by Gasteiger charge is -2.26. The molecular weight excluding hydrogens is 212 g/mol. The Labute approximate surface area is 103 Å². The van der Waals surface area contributed by atoms with Crippen LogP contribution in [0.3, 0.4) is 0 Å². The van der Waals surface area contributed by atoms with Crippen LogP contribution in [0, 0.1) is 0 Å². The quantitative estimate of drug-likeness (QED) is 0.870. The molecule has 17 heavy (non-hydrogen) atoms. The molecule has 1 aromatic rings. The first-order valence-corrected chi connectivity index (χ1v) is 6.59. The molecule has 2 rings (SSSR count). The normalized spacial score (nSPS) is 18.3. The van der Waals surface area contributed by atoms with E-state index in [1.165, 1.54) is 25.7 Å². The van der Waals surface area contributed by atoms with Crippen molar-refractivity contribution in [2.24, 2.45) is 0 Å². The van der Waals surface area contributed by atoms with E-state index in [-0.39, 0.29) is 0 Å². The molecule has 1 aliphatic carbocycles. The van der Waals surface area contributed by atoms with Crippen LogP contribution >= 0.6 is 0 Å². The summed E-state index contributed by atoms with van der Waals surface area (Å²) in [6, 6.07) is 4.67. The van der Waals surface area contributed by atoms with Gasteiger partial charge >= 0.3 is 0 Å². The van der Waals surface area contributed by atoms with E-state index in [1.54, 1.807) is 0 Å². The Morgan fingerprint density at radius 2 is 2.12 bits per heavy atom. The monoisotopic (exact) mass is 234 g/mol. The molecule has 0 amide bonds. The van der Waals surface area contributed by atoms with E-state index in [1.807, 2.05) is 19.2 Å². The van der Waals surface area contributed by atoms with Crippen LogP contribution in [0.5, 0.6) is 0 Å². The van der Waals surface area contributed by atoms with Crippen LogP contribution in [-0.2, 0) is 0 Å². The second kappa shape index (κ2) is 5.50. The number of rotatable bonds is 4. The maximum absolute atomic E-state index is 9.69. The van der Waals surface area contributed by atoms with Gasteiger partial charge in [-0.1, -0.05) is 19.8 Å². The van der Waals surface area contributed by atoms with Gasteiger partial charge in [0.2, 0.25) is 0 Å². The minimum absolute atomic E-state index is 0.430. The Morgan fingerprint density at radius 3 is 2.65 bits per heavy atom. The highest BCUT2D eigenvalue weighted by Gasteiger charge is 2.20.